The van der Waals surface area contributed by atoms with Crippen molar-refractivity contribution in [1.29, 1.82) is 5.26 Å². The molecule has 4 N–H and O–H groups in total. The Kier molecular flexibility index (Phi) is 7.22. The largest absolute Gasteiger partial charge is 0.462 e. The van der Waals surface area contributed by atoms with Crippen LogP contribution in [0.3, 0.4) is 0 Å². The van der Waals surface area contributed by atoms with Gasteiger partial charge >= 0.3 is 11.7 Å². The fourth-order valence-electron chi connectivity index (χ4n) is 2.71. The number of nitriles is 1. The van der Waals surface area contributed by atoms with Crippen LogP contribution in [0.5, 0.6) is 0 Å². The van der Waals surface area contributed by atoms with Gasteiger partial charge in [-0.1, -0.05) is 12.1 Å². The Morgan fingerprint density at radius 3 is 2.36 bits per heavy atom. The minimum absolute atomic E-state index is 0.136. The molecule has 2 aromatic heterocycles. The molecular formula is C20H19N9O4. The number of nitro groups is 1. The molecule has 33 heavy (non-hydrogen) atoms. The fourth-order valence-corrected chi connectivity index (χ4v) is 2.71. The number of esters is 1. The molecule has 0 saturated heterocycles. The van der Waals surface area contributed by atoms with Gasteiger partial charge in [0.1, 0.15) is 11.8 Å². The third-order valence-electron chi connectivity index (χ3n) is 4.26. The van der Waals surface area contributed by atoms with Gasteiger partial charge in [0, 0.05) is 24.8 Å². The molecule has 168 valence electrons. The van der Waals surface area contributed by atoms with Gasteiger partial charge in [0.15, 0.2) is 0 Å². The molecule has 0 aliphatic heterocycles. The number of nitrogens with zero attached hydrogens (tertiary/aromatic N) is 6. The summed E-state index contributed by atoms with van der Waals surface area (Å²) in [4.78, 5) is 38.7. The second-order valence-electron chi connectivity index (χ2n) is 6.44. The zero-order valence-electron chi connectivity index (χ0n) is 17.5. The Hall–Kier alpha value is -4.86. The van der Waals surface area contributed by atoms with Crippen molar-refractivity contribution >= 4 is 29.4 Å². The van der Waals surface area contributed by atoms with Crippen molar-refractivity contribution in [3.63, 3.8) is 0 Å². The lowest BCUT2D eigenvalue weighted by molar-refractivity contribution is -0.384. The fraction of sp³-hybridized carbons (Fsp3) is 0.200. The van der Waals surface area contributed by atoms with E-state index in [-0.39, 0.29) is 35.6 Å². The summed E-state index contributed by atoms with van der Waals surface area (Å²) in [5, 5.41) is 25.7. The van der Waals surface area contributed by atoms with E-state index in [2.05, 4.69) is 30.6 Å². The van der Waals surface area contributed by atoms with Crippen LogP contribution in [0.4, 0.5) is 23.4 Å². The third kappa shape index (κ3) is 5.64. The molecule has 0 unspecified atom stereocenters. The molecule has 0 fully saturated rings. The van der Waals surface area contributed by atoms with Crippen molar-refractivity contribution in [2.75, 3.05) is 36.1 Å². The van der Waals surface area contributed by atoms with Crippen LogP contribution in [0.2, 0.25) is 0 Å². The van der Waals surface area contributed by atoms with E-state index in [1.807, 2.05) is 6.07 Å². The molecule has 0 saturated carbocycles. The van der Waals surface area contributed by atoms with Gasteiger partial charge in [-0.15, -0.1) is 0 Å². The summed E-state index contributed by atoms with van der Waals surface area (Å²) in [5.74, 6) is -0.404. The van der Waals surface area contributed by atoms with Crippen LogP contribution in [0.15, 0.2) is 36.7 Å². The minimum Gasteiger partial charge on any atom is -0.462 e. The smallest absolute Gasteiger partial charge is 0.341 e. The van der Waals surface area contributed by atoms with Crippen molar-refractivity contribution in [1.82, 2.24) is 19.9 Å². The molecule has 13 heteroatoms. The van der Waals surface area contributed by atoms with Crippen LogP contribution in [-0.4, -0.2) is 50.5 Å². The van der Waals surface area contributed by atoms with E-state index in [0.29, 0.717) is 29.9 Å². The first-order chi connectivity index (χ1) is 15.9. The summed E-state index contributed by atoms with van der Waals surface area (Å²) < 4.78 is 5.09. The number of nitrogens with two attached hydrogens (primary N) is 1. The number of nitrogens with one attached hydrogen (secondary N) is 2. The normalized spacial score (nSPS) is 10.2. The monoisotopic (exact) mass is 449 g/mol. The van der Waals surface area contributed by atoms with Crippen molar-refractivity contribution in [2.45, 2.75) is 6.92 Å². The summed E-state index contributed by atoms with van der Waals surface area (Å²) in [6.45, 7) is 2.57. The highest BCUT2D eigenvalue weighted by Crippen LogP contribution is 2.24. The number of nitrogen functional groups attached to an aromatic ring is 1. The number of carbonyl (C=O) groups excluding carboxylic acids is 1. The van der Waals surface area contributed by atoms with Crippen LogP contribution >= 0.6 is 0 Å². The van der Waals surface area contributed by atoms with E-state index in [4.69, 9.17) is 15.7 Å². The molecule has 0 atom stereocenters. The number of rotatable bonds is 9. The van der Waals surface area contributed by atoms with Gasteiger partial charge in [0.25, 0.3) is 0 Å². The standard InChI is InChI=1S/C20H19N9O4/c1-2-33-18(30)14-10-25-19(27-16(14)13-5-3-12(9-21)4-6-13)23-7-8-24-20-26-11-15(29(31)32)17(22)28-20/h3-6,10-11H,2,7-8H2,1H3,(H,23,25,27)(H3,22,24,26,28). The number of carbonyl (C=O) groups is 1. The van der Waals surface area contributed by atoms with Crippen LogP contribution in [-0.2, 0) is 4.74 Å². The molecule has 0 radical (unpaired) electrons. The average molecular weight is 449 g/mol. The zero-order valence-corrected chi connectivity index (χ0v) is 17.5. The predicted octanol–water partition coefficient (Wildman–Crippen LogP) is 2.00. The highest BCUT2D eigenvalue weighted by atomic mass is 16.6. The lowest BCUT2D eigenvalue weighted by atomic mass is 10.1. The summed E-state index contributed by atoms with van der Waals surface area (Å²) >= 11 is 0. The summed E-state index contributed by atoms with van der Waals surface area (Å²) in [6, 6.07) is 8.66. The van der Waals surface area contributed by atoms with E-state index < -0.39 is 10.9 Å². The van der Waals surface area contributed by atoms with Crippen LogP contribution in [0.25, 0.3) is 11.3 Å². The minimum atomic E-state index is -0.663. The summed E-state index contributed by atoms with van der Waals surface area (Å²) in [5.41, 5.74) is 6.82. The maximum Gasteiger partial charge on any atom is 0.341 e. The van der Waals surface area contributed by atoms with E-state index in [9.17, 15) is 14.9 Å². The first kappa shape index (κ1) is 22.8. The van der Waals surface area contributed by atoms with Crippen molar-refractivity contribution in [3.05, 3.63) is 57.9 Å². The highest BCUT2D eigenvalue weighted by Gasteiger charge is 2.18. The van der Waals surface area contributed by atoms with Crippen molar-refractivity contribution in [3.8, 4) is 17.3 Å². The Labute approximate surface area is 187 Å². The van der Waals surface area contributed by atoms with Crippen LogP contribution in [0.1, 0.15) is 22.8 Å². The molecule has 1 aromatic carbocycles. The Bertz CT molecular complexity index is 1210. The lowest BCUT2D eigenvalue weighted by Crippen LogP contribution is -2.18. The van der Waals surface area contributed by atoms with E-state index in [1.54, 1.807) is 31.2 Å². The molecule has 0 amide bonds. The number of hydrogen-bond acceptors (Lipinski definition) is 12. The van der Waals surface area contributed by atoms with Gasteiger partial charge in [-0.2, -0.15) is 10.2 Å². The molecule has 0 spiro atoms. The predicted molar refractivity (Wildman–Crippen MR) is 118 cm³/mol. The quantitative estimate of drug-likeness (QED) is 0.186. The molecule has 0 aliphatic rings. The topological polar surface area (TPSA) is 195 Å². The van der Waals surface area contributed by atoms with Crippen LogP contribution in [0, 0.1) is 21.4 Å². The molecule has 3 aromatic rings. The maximum atomic E-state index is 12.3. The molecule has 13 nitrogen and oxygen atoms in total. The SMILES string of the molecule is CCOC(=O)c1cnc(NCCNc2ncc([N+](=O)[O-])c(N)n2)nc1-c1ccc(C#N)cc1. The third-order valence-corrected chi connectivity index (χ3v) is 4.26. The van der Waals surface area contributed by atoms with Gasteiger partial charge in [-0.25, -0.2) is 19.7 Å². The number of aromatic nitrogens is 4. The first-order valence-electron chi connectivity index (χ1n) is 9.72. The maximum absolute atomic E-state index is 12.3. The number of benzene rings is 1. The van der Waals surface area contributed by atoms with Gasteiger partial charge < -0.3 is 21.1 Å². The Morgan fingerprint density at radius 1 is 1.15 bits per heavy atom. The lowest BCUT2D eigenvalue weighted by Gasteiger charge is -2.11. The molecule has 2 heterocycles. The molecule has 0 bridgehead atoms. The van der Waals surface area contributed by atoms with Crippen molar-refractivity contribution in [2.24, 2.45) is 0 Å². The number of anilines is 3. The zero-order chi connectivity index (χ0) is 23.8. The molecular weight excluding hydrogens is 430 g/mol. The Balaban J connectivity index is 1.71. The van der Waals surface area contributed by atoms with Gasteiger partial charge in [-0.3, -0.25) is 10.1 Å². The van der Waals surface area contributed by atoms with E-state index in [1.165, 1.54) is 6.20 Å². The van der Waals surface area contributed by atoms with Gasteiger partial charge in [0.2, 0.25) is 17.7 Å². The first-order valence-corrected chi connectivity index (χ1v) is 9.72. The summed E-state index contributed by atoms with van der Waals surface area (Å²) in [7, 11) is 0. The Morgan fingerprint density at radius 2 is 1.79 bits per heavy atom. The van der Waals surface area contributed by atoms with Gasteiger partial charge in [0.05, 0.1) is 28.9 Å². The second kappa shape index (κ2) is 10.4. The molecule has 0 aliphatic carbocycles. The summed E-state index contributed by atoms with van der Waals surface area (Å²) in [6.07, 6.45) is 2.40. The van der Waals surface area contributed by atoms with E-state index >= 15 is 0 Å². The number of ether oxygens (including phenoxy) is 1. The highest BCUT2D eigenvalue weighted by molar-refractivity contribution is 5.96. The van der Waals surface area contributed by atoms with Crippen molar-refractivity contribution < 1.29 is 14.5 Å². The van der Waals surface area contributed by atoms with E-state index in [0.717, 1.165) is 6.20 Å². The molecule has 3 rings (SSSR count). The number of hydrogen-bond donors (Lipinski definition) is 3. The van der Waals surface area contributed by atoms with Crippen LogP contribution < -0.4 is 16.4 Å². The average Bonchev–Trinajstić information content (AvgIpc) is 2.81. The van der Waals surface area contributed by atoms with Gasteiger partial charge in [-0.05, 0) is 19.1 Å². The second-order valence-corrected chi connectivity index (χ2v) is 6.44.